The molecule has 0 fully saturated rings. The van der Waals surface area contributed by atoms with E-state index in [2.05, 4.69) is 18.7 Å². The van der Waals surface area contributed by atoms with Crippen LogP contribution < -0.4 is 0 Å². The van der Waals surface area contributed by atoms with Crippen LogP contribution in [-0.2, 0) is 9.68 Å². The normalized spacial score (nSPS) is 14.2. The standard InChI is InChI=1S/C21H32O4/c1-9-18(22)21(8,25-24)20(23)19-16(13(4)5)10-15(12(2)3)11-17(19)14(6)7/h10-14,24H,9H2,1-8H3. The first-order valence-electron chi connectivity index (χ1n) is 9.09. The van der Waals surface area contributed by atoms with Crippen molar-refractivity contribution in [2.45, 2.75) is 85.2 Å². The molecule has 0 saturated carbocycles. The van der Waals surface area contributed by atoms with Gasteiger partial charge in [-0.15, -0.1) is 0 Å². The number of rotatable bonds is 8. The summed E-state index contributed by atoms with van der Waals surface area (Å²) >= 11 is 0. The fraction of sp³-hybridized carbons (Fsp3) is 0.619. The Kier molecular flexibility index (Phi) is 7.09. The summed E-state index contributed by atoms with van der Waals surface area (Å²) in [7, 11) is 0. The van der Waals surface area contributed by atoms with E-state index in [1.165, 1.54) is 6.92 Å². The van der Waals surface area contributed by atoms with Crippen molar-refractivity contribution in [2.75, 3.05) is 0 Å². The molecule has 0 spiro atoms. The van der Waals surface area contributed by atoms with E-state index in [-0.39, 0.29) is 18.3 Å². The third-order valence-corrected chi connectivity index (χ3v) is 4.83. The molecule has 0 aliphatic rings. The van der Waals surface area contributed by atoms with Crippen molar-refractivity contribution in [3.63, 3.8) is 0 Å². The van der Waals surface area contributed by atoms with Crippen molar-refractivity contribution in [1.29, 1.82) is 0 Å². The Hall–Kier alpha value is -1.52. The molecule has 0 aliphatic heterocycles. The fourth-order valence-corrected chi connectivity index (χ4v) is 3.01. The minimum absolute atomic E-state index is 0.106. The Bertz CT molecular complexity index is 614. The molecule has 1 aromatic carbocycles. The van der Waals surface area contributed by atoms with Crippen LogP contribution in [0.5, 0.6) is 0 Å². The predicted octanol–water partition coefficient (Wildman–Crippen LogP) is 5.47. The van der Waals surface area contributed by atoms with E-state index in [9.17, 15) is 14.8 Å². The van der Waals surface area contributed by atoms with E-state index < -0.39 is 17.2 Å². The SMILES string of the molecule is CCC(=O)C(C)(OO)C(=O)c1c(C(C)C)cc(C(C)C)cc1C(C)C. The summed E-state index contributed by atoms with van der Waals surface area (Å²) in [5.41, 5.74) is 1.59. The van der Waals surface area contributed by atoms with Crippen molar-refractivity contribution >= 4 is 11.6 Å². The third-order valence-electron chi connectivity index (χ3n) is 4.83. The molecule has 140 valence electrons. The molecule has 1 unspecified atom stereocenters. The highest BCUT2D eigenvalue weighted by Gasteiger charge is 2.44. The molecule has 0 bridgehead atoms. The lowest BCUT2D eigenvalue weighted by Gasteiger charge is -2.28. The topological polar surface area (TPSA) is 63.6 Å². The van der Waals surface area contributed by atoms with Gasteiger partial charge in [0, 0.05) is 12.0 Å². The fourth-order valence-electron chi connectivity index (χ4n) is 3.01. The molecule has 4 nitrogen and oxygen atoms in total. The van der Waals surface area contributed by atoms with Gasteiger partial charge in [-0.1, -0.05) is 60.6 Å². The van der Waals surface area contributed by atoms with Crippen molar-refractivity contribution in [3.05, 3.63) is 34.4 Å². The number of hydrogen-bond donors (Lipinski definition) is 1. The Morgan fingerprint density at radius 3 is 1.72 bits per heavy atom. The molecule has 1 atom stereocenters. The summed E-state index contributed by atoms with van der Waals surface area (Å²) in [6, 6.07) is 4.09. The first-order chi connectivity index (χ1) is 11.5. The second-order valence-electron chi connectivity index (χ2n) is 7.77. The third kappa shape index (κ3) is 4.18. The highest BCUT2D eigenvalue weighted by molar-refractivity contribution is 6.18. The zero-order valence-electron chi connectivity index (χ0n) is 16.8. The van der Waals surface area contributed by atoms with Crippen LogP contribution >= 0.6 is 0 Å². The molecular formula is C21H32O4. The molecule has 0 aromatic heterocycles. The lowest BCUT2D eigenvalue weighted by atomic mass is 9.78. The van der Waals surface area contributed by atoms with E-state index in [1.807, 2.05) is 39.8 Å². The second-order valence-corrected chi connectivity index (χ2v) is 7.77. The number of benzene rings is 1. The number of carbonyl (C=O) groups is 2. The largest absolute Gasteiger partial charge is 0.296 e. The van der Waals surface area contributed by atoms with Crippen molar-refractivity contribution in [3.8, 4) is 0 Å². The minimum Gasteiger partial charge on any atom is -0.296 e. The molecular weight excluding hydrogens is 316 g/mol. The van der Waals surface area contributed by atoms with E-state index in [0.29, 0.717) is 11.5 Å². The summed E-state index contributed by atoms with van der Waals surface area (Å²) in [4.78, 5) is 30.1. The maximum atomic E-state index is 13.3. The van der Waals surface area contributed by atoms with Gasteiger partial charge in [0.1, 0.15) is 0 Å². The molecule has 1 rings (SSSR count). The smallest absolute Gasteiger partial charge is 0.220 e. The van der Waals surface area contributed by atoms with Gasteiger partial charge in [0.05, 0.1) is 0 Å². The van der Waals surface area contributed by atoms with E-state index in [1.54, 1.807) is 6.92 Å². The molecule has 0 heterocycles. The summed E-state index contributed by atoms with van der Waals surface area (Å²) in [6.07, 6.45) is 0.112. The molecule has 4 heteroatoms. The van der Waals surface area contributed by atoms with Crippen molar-refractivity contribution in [2.24, 2.45) is 0 Å². The second kappa shape index (κ2) is 8.24. The first kappa shape index (κ1) is 21.5. The summed E-state index contributed by atoms with van der Waals surface area (Å²) in [5.74, 6) is -0.358. The van der Waals surface area contributed by atoms with Crippen LogP contribution in [0.15, 0.2) is 12.1 Å². The predicted molar refractivity (Wildman–Crippen MR) is 100 cm³/mol. The summed E-state index contributed by atoms with van der Waals surface area (Å²) < 4.78 is 0. The van der Waals surface area contributed by atoms with Crippen LogP contribution in [0.2, 0.25) is 0 Å². The van der Waals surface area contributed by atoms with Gasteiger partial charge in [-0.2, -0.15) is 0 Å². The van der Waals surface area contributed by atoms with Crippen LogP contribution in [0.4, 0.5) is 0 Å². The van der Waals surface area contributed by atoms with Gasteiger partial charge in [-0.25, -0.2) is 4.89 Å². The monoisotopic (exact) mass is 348 g/mol. The van der Waals surface area contributed by atoms with Gasteiger partial charge < -0.3 is 0 Å². The maximum absolute atomic E-state index is 13.3. The number of carbonyl (C=O) groups excluding carboxylic acids is 2. The lowest BCUT2D eigenvalue weighted by molar-refractivity contribution is -0.289. The minimum atomic E-state index is -1.87. The zero-order valence-corrected chi connectivity index (χ0v) is 16.8. The quantitative estimate of drug-likeness (QED) is 0.293. The summed E-state index contributed by atoms with van der Waals surface area (Å²) in [5, 5.41) is 9.38. The molecule has 0 amide bonds. The summed E-state index contributed by atoms with van der Waals surface area (Å²) in [6.45, 7) is 15.4. The van der Waals surface area contributed by atoms with Gasteiger partial charge in [0.2, 0.25) is 11.4 Å². The number of ketones is 2. The van der Waals surface area contributed by atoms with Crippen LogP contribution in [0.3, 0.4) is 0 Å². The van der Waals surface area contributed by atoms with E-state index in [4.69, 9.17) is 0 Å². The Balaban J connectivity index is 3.77. The zero-order chi connectivity index (χ0) is 19.5. The van der Waals surface area contributed by atoms with Gasteiger partial charge in [0.25, 0.3) is 0 Å². The number of Topliss-reactive ketones (excluding diaryl/α,β-unsaturated/α-hetero) is 2. The van der Waals surface area contributed by atoms with Crippen molar-refractivity contribution < 1.29 is 19.7 Å². The van der Waals surface area contributed by atoms with Crippen LogP contribution in [0, 0.1) is 0 Å². The Morgan fingerprint density at radius 1 is 1.00 bits per heavy atom. The van der Waals surface area contributed by atoms with Crippen LogP contribution in [-0.4, -0.2) is 22.4 Å². The van der Waals surface area contributed by atoms with Crippen LogP contribution in [0.1, 0.15) is 107 Å². The average molecular weight is 348 g/mol. The molecule has 1 aromatic rings. The molecule has 0 radical (unpaired) electrons. The van der Waals surface area contributed by atoms with E-state index in [0.717, 1.165) is 16.7 Å². The van der Waals surface area contributed by atoms with Gasteiger partial charge in [-0.05, 0) is 41.4 Å². The Labute approximate surface area is 151 Å². The average Bonchev–Trinajstić information content (AvgIpc) is 2.57. The highest BCUT2D eigenvalue weighted by Crippen LogP contribution is 2.35. The molecule has 25 heavy (non-hydrogen) atoms. The van der Waals surface area contributed by atoms with Crippen LogP contribution in [0.25, 0.3) is 0 Å². The Morgan fingerprint density at radius 2 is 1.44 bits per heavy atom. The van der Waals surface area contributed by atoms with E-state index >= 15 is 0 Å². The highest BCUT2D eigenvalue weighted by atomic mass is 17.1. The van der Waals surface area contributed by atoms with Gasteiger partial charge in [0.15, 0.2) is 5.78 Å². The first-order valence-corrected chi connectivity index (χ1v) is 9.09. The molecule has 1 N–H and O–H groups in total. The number of hydrogen-bond acceptors (Lipinski definition) is 4. The maximum Gasteiger partial charge on any atom is 0.220 e. The molecule has 0 saturated heterocycles. The van der Waals surface area contributed by atoms with Gasteiger partial charge >= 0.3 is 0 Å². The van der Waals surface area contributed by atoms with Crippen molar-refractivity contribution in [1.82, 2.24) is 0 Å². The lowest BCUT2D eigenvalue weighted by Crippen LogP contribution is -2.46. The molecule has 0 aliphatic carbocycles. The van der Waals surface area contributed by atoms with Gasteiger partial charge in [-0.3, -0.25) is 14.8 Å².